The van der Waals surface area contributed by atoms with Crippen molar-refractivity contribution in [3.63, 3.8) is 0 Å². The summed E-state index contributed by atoms with van der Waals surface area (Å²) in [5.41, 5.74) is 9.54. The first kappa shape index (κ1) is 24.0. The molecule has 4 aromatic carbocycles. The van der Waals surface area contributed by atoms with Crippen molar-refractivity contribution in [2.75, 3.05) is 0 Å². The standard InChI is InChI=1S/C36H28N4/c1-24(2)27-16-17-34-31(21-27)30-18-19-37-23-35(30)40(34)29-15-9-14-28(20-29)33-22-32(25-10-5-3-6-11-25)38-36(39-33)26-12-7-4-8-13-26/h3-24H,1-2H3. The van der Waals surface area contributed by atoms with E-state index in [0.29, 0.717) is 11.7 Å². The Balaban J connectivity index is 1.43. The second-order valence-corrected chi connectivity index (χ2v) is 10.4. The molecule has 0 aliphatic carbocycles. The van der Waals surface area contributed by atoms with Gasteiger partial charge in [-0.25, -0.2) is 9.97 Å². The second kappa shape index (κ2) is 9.90. The van der Waals surface area contributed by atoms with Gasteiger partial charge in [-0.2, -0.15) is 0 Å². The summed E-state index contributed by atoms with van der Waals surface area (Å²) in [5, 5.41) is 2.45. The molecule has 3 heterocycles. The van der Waals surface area contributed by atoms with E-state index in [4.69, 9.17) is 9.97 Å². The molecule has 0 aliphatic rings. The van der Waals surface area contributed by atoms with Crippen molar-refractivity contribution in [1.29, 1.82) is 0 Å². The van der Waals surface area contributed by atoms with Gasteiger partial charge in [0.2, 0.25) is 0 Å². The summed E-state index contributed by atoms with van der Waals surface area (Å²) in [4.78, 5) is 14.5. The summed E-state index contributed by atoms with van der Waals surface area (Å²) in [6.45, 7) is 4.47. The Morgan fingerprint density at radius 1 is 0.575 bits per heavy atom. The fourth-order valence-corrected chi connectivity index (χ4v) is 5.40. The van der Waals surface area contributed by atoms with Gasteiger partial charge in [0.1, 0.15) is 0 Å². The number of rotatable bonds is 5. The Bertz CT molecular complexity index is 1910. The van der Waals surface area contributed by atoms with Gasteiger partial charge in [-0.3, -0.25) is 4.98 Å². The van der Waals surface area contributed by atoms with Crippen LogP contribution in [0.5, 0.6) is 0 Å². The van der Waals surface area contributed by atoms with E-state index in [1.54, 1.807) is 0 Å². The van der Waals surface area contributed by atoms with Crippen LogP contribution in [0.4, 0.5) is 0 Å². The van der Waals surface area contributed by atoms with Crippen LogP contribution in [0.2, 0.25) is 0 Å². The lowest BCUT2D eigenvalue weighted by Crippen LogP contribution is -1.98. The van der Waals surface area contributed by atoms with E-state index < -0.39 is 0 Å². The quantitative estimate of drug-likeness (QED) is 0.229. The monoisotopic (exact) mass is 516 g/mol. The van der Waals surface area contributed by atoms with E-state index in [9.17, 15) is 0 Å². The maximum atomic E-state index is 5.04. The molecule has 4 heteroatoms. The maximum Gasteiger partial charge on any atom is 0.160 e. The van der Waals surface area contributed by atoms with Gasteiger partial charge in [-0.1, -0.05) is 92.7 Å². The first-order chi connectivity index (χ1) is 19.7. The molecular weight excluding hydrogens is 488 g/mol. The van der Waals surface area contributed by atoms with Crippen LogP contribution in [-0.4, -0.2) is 19.5 Å². The average Bonchev–Trinajstić information content (AvgIpc) is 3.35. The highest BCUT2D eigenvalue weighted by atomic mass is 15.0. The Morgan fingerprint density at radius 2 is 1.27 bits per heavy atom. The average molecular weight is 517 g/mol. The SMILES string of the molecule is CC(C)c1ccc2c(c1)c1ccncc1n2-c1cccc(-c2cc(-c3ccccc3)nc(-c3ccccc3)n2)c1. The molecular formula is C36H28N4. The molecule has 0 amide bonds. The Hall–Kier alpha value is -5.09. The molecule has 40 heavy (non-hydrogen) atoms. The van der Waals surface area contributed by atoms with E-state index in [1.807, 2.05) is 48.8 Å². The molecule has 7 aromatic rings. The van der Waals surface area contributed by atoms with Crippen molar-refractivity contribution in [3.05, 3.63) is 133 Å². The third-order valence-corrected chi connectivity index (χ3v) is 7.49. The fourth-order valence-electron chi connectivity index (χ4n) is 5.40. The molecule has 0 fully saturated rings. The molecule has 4 nitrogen and oxygen atoms in total. The van der Waals surface area contributed by atoms with Crippen molar-refractivity contribution in [3.8, 4) is 39.6 Å². The summed E-state index contributed by atoms with van der Waals surface area (Å²) in [5.74, 6) is 1.17. The molecule has 192 valence electrons. The molecule has 0 aliphatic heterocycles. The van der Waals surface area contributed by atoms with Gasteiger partial charge >= 0.3 is 0 Å². The molecule has 3 aromatic heterocycles. The molecule has 0 saturated heterocycles. The first-order valence-electron chi connectivity index (χ1n) is 13.6. The summed E-state index contributed by atoms with van der Waals surface area (Å²) in [7, 11) is 0. The minimum atomic E-state index is 0.461. The van der Waals surface area contributed by atoms with Gasteiger partial charge in [-0.15, -0.1) is 0 Å². The van der Waals surface area contributed by atoms with Gasteiger partial charge in [-0.05, 0) is 47.9 Å². The third kappa shape index (κ3) is 4.24. The minimum absolute atomic E-state index is 0.461. The number of aromatic nitrogens is 4. The van der Waals surface area contributed by atoms with Gasteiger partial charge < -0.3 is 4.57 Å². The van der Waals surface area contributed by atoms with Crippen molar-refractivity contribution in [2.24, 2.45) is 0 Å². The Kier molecular flexibility index (Phi) is 5.94. The van der Waals surface area contributed by atoms with E-state index in [2.05, 4.69) is 102 Å². The summed E-state index contributed by atoms with van der Waals surface area (Å²) >= 11 is 0. The highest BCUT2D eigenvalue weighted by Gasteiger charge is 2.16. The van der Waals surface area contributed by atoms with Crippen LogP contribution in [0.15, 0.2) is 128 Å². The van der Waals surface area contributed by atoms with Crippen molar-refractivity contribution in [1.82, 2.24) is 19.5 Å². The summed E-state index contributed by atoms with van der Waals surface area (Å²) in [6, 6.07) is 40.1. The first-order valence-corrected chi connectivity index (χ1v) is 13.6. The van der Waals surface area contributed by atoms with E-state index >= 15 is 0 Å². The largest absolute Gasteiger partial charge is 0.308 e. The Morgan fingerprint density at radius 3 is 2.02 bits per heavy atom. The molecule has 7 rings (SSSR count). The number of hydrogen-bond acceptors (Lipinski definition) is 3. The molecule has 0 atom stereocenters. The van der Waals surface area contributed by atoms with E-state index in [-0.39, 0.29) is 0 Å². The predicted octanol–water partition coefficient (Wildman–Crippen LogP) is 9.09. The van der Waals surface area contributed by atoms with Crippen molar-refractivity contribution < 1.29 is 0 Å². The van der Waals surface area contributed by atoms with Crippen LogP contribution < -0.4 is 0 Å². The lowest BCUT2D eigenvalue weighted by atomic mass is 10.0. The second-order valence-electron chi connectivity index (χ2n) is 10.4. The normalized spacial score (nSPS) is 11.5. The minimum Gasteiger partial charge on any atom is -0.308 e. The van der Waals surface area contributed by atoms with Gasteiger partial charge in [0.05, 0.1) is 28.6 Å². The number of benzene rings is 4. The highest BCUT2D eigenvalue weighted by Crippen LogP contribution is 2.35. The number of fused-ring (bicyclic) bond motifs is 3. The number of hydrogen-bond donors (Lipinski definition) is 0. The predicted molar refractivity (Wildman–Crippen MR) is 165 cm³/mol. The smallest absolute Gasteiger partial charge is 0.160 e. The third-order valence-electron chi connectivity index (χ3n) is 7.49. The fraction of sp³-hybridized carbons (Fsp3) is 0.0833. The zero-order valence-corrected chi connectivity index (χ0v) is 22.5. The molecule has 0 saturated carbocycles. The zero-order chi connectivity index (χ0) is 27.1. The summed E-state index contributed by atoms with van der Waals surface area (Å²) in [6.07, 6.45) is 3.84. The lowest BCUT2D eigenvalue weighted by molar-refractivity contribution is 0.868. The molecule has 0 radical (unpaired) electrons. The van der Waals surface area contributed by atoms with Crippen LogP contribution in [0.3, 0.4) is 0 Å². The van der Waals surface area contributed by atoms with Gasteiger partial charge in [0.15, 0.2) is 5.82 Å². The van der Waals surface area contributed by atoms with Crippen LogP contribution in [0.25, 0.3) is 61.4 Å². The molecule has 0 unspecified atom stereocenters. The van der Waals surface area contributed by atoms with Gasteiger partial charge in [0, 0.05) is 39.3 Å². The van der Waals surface area contributed by atoms with E-state index in [0.717, 1.165) is 39.3 Å². The maximum absolute atomic E-state index is 5.04. The zero-order valence-electron chi connectivity index (χ0n) is 22.5. The van der Waals surface area contributed by atoms with E-state index in [1.165, 1.54) is 21.9 Å². The topological polar surface area (TPSA) is 43.6 Å². The van der Waals surface area contributed by atoms with Gasteiger partial charge in [0.25, 0.3) is 0 Å². The van der Waals surface area contributed by atoms with Crippen molar-refractivity contribution >= 4 is 21.8 Å². The highest BCUT2D eigenvalue weighted by molar-refractivity contribution is 6.09. The van der Waals surface area contributed by atoms with Crippen LogP contribution in [0, 0.1) is 0 Å². The summed E-state index contributed by atoms with van der Waals surface area (Å²) < 4.78 is 2.31. The van der Waals surface area contributed by atoms with Crippen molar-refractivity contribution in [2.45, 2.75) is 19.8 Å². The lowest BCUT2D eigenvalue weighted by Gasteiger charge is -2.12. The molecule has 0 N–H and O–H groups in total. The number of nitrogens with zero attached hydrogens (tertiary/aromatic N) is 4. The molecule has 0 spiro atoms. The van der Waals surface area contributed by atoms with Crippen LogP contribution >= 0.6 is 0 Å². The Labute approximate surface area is 233 Å². The van der Waals surface area contributed by atoms with Crippen LogP contribution in [0.1, 0.15) is 25.3 Å². The van der Waals surface area contributed by atoms with Crippen LogP contribution in [-0.2, 0) is 0 Å². The molecule has 0 bridgehead atoms. The number of pyridine rings is 1.